The van der Waals surface area contributed by atoms with Crippen LogP contribution in [0.5, 0.6) is 0 Å². The van der Waals surface area contributed by atoms with Crippen LogP contribution in [-0.4, -0.2) is 38.9 Å². The number of aliphatic carboxylic acids is 1. The minimum absolute atomic E-state index is 0.110. The summed E-state index contributed by atoms with van der Waals surface area (Å²) in [5.41, 5.74) is 4.29. The minimum atomic E-state index is -1.14. The first-order valence-electron chi connectivity index (χ1n) is 12.6. The second-order valence-electron chi connectivity index (χ2n) is 9.29. The van der Waals surface area contributed by atoms with Gasteiger partial charge in [0.05, 0.1) is 17.1 Å². The lowest BCUT2D eigenvalue weighted by molar-refractivity contribution is -0.139. The molecule has 0 spiro atoms. The maximum absolute atomic E-state index is 12.9. The second-order valence-corrected chi connectivity index (χ2v) is 9.72. The molecule has 3 aromatic carbocycles. The van der Waals surface area contributed by atoms with Gasteiger partial charge in [0.15, 0.2) is 0 Å². The number of hydrogen-bond donors (Lipinski definition) is 3. The largest absolute Gasteiger partial charge is 0.480 e. The zero-order chi connectivity index (χ0) is 28.8. The standard InChI is InChI=1S/C30H29ClN4O5/c1-18-26(33-30(39)40-19(2)21-7-5-4-6-8-21)27(35(3)34-18)22-11-13-23(14-12-22)28(36)32-25(29(37)38)17-20-9-15-24(31)16-10-20/h4-16,19,25H,17H2,1-3H3,(H,32,36)(H,33,39)(H,37,38)/t19-,25?/m1/s1. The molecule has 2 amide bonds. The van der Waals surface area contributed by atoms with E-state index in [2.05, 4.69) is 15.7 Å². The van der Waals surface area contributed by atoms with Gasteiger partial charge in [0.25, 0.3) is 5.91 Å². The van der Waals surface area contributed by atoms with E-state index >= 15 is 0 Å². The van der Waals surface area contributed by atoms with E-state index in [1.165, 1.54) is 0 Å². The van der Waals surface area contributed by atoms with Crippen LogP contribution < -0.4 is 10.6 Å². The number of carboxylic acid groups (broad SMARTS) is 1. The average molecular weight is 561 g/mol. The van der Waals surface area contributed by atoms with E-state index < -0.39 is 30.1 Å². The van der Waals surface area contributed by atoms with Gasteiger partial charge < -0.3 is 15.2 Å². The molecule has 0 saturated heterocycles. The summed E-state index contributed by atoms with van der Waals surface area (Å²) in [7, 11) is 1.75. The number of ether oxygens (including phenoxy) is 1. The summed E-state index contributed by atoms with van der Waals surface area (Å²) < 4.78 is 7.19. The Kier molecular flexibility index (Phi) is 8.86. The molecule has 0 saturated carbocycles. The van der Waals surface area contributed by atoms with Crippen molar-refractivity contribution in [3.63, 3.8) is 0 Å². The number of rotatable bonds is 9. The number of benzene rings is 3. The highest BCUT2D eigenvalue weighted by atomic mass is 35.5. The van der Waals surface area contributed by atoms with E-state index in [1.54, 1.807) is 74.1 Å². The van der Waals surface area contributed by atoms with Crippen LogP contribution in [0.4, 0.5) is 10.5 Å². The van der Waals surface area contributed by atoms with Gasteiger partial charge in [-0.05, 0) is 49.2 Å². The number of aromatic nitrogens is 2. The van der Waals surface area contributed by atoms with Crippen molar-refractivity contribution < 1.29 is 24.2 Å². The molecule has 0 bridgehead atoms. The normalized spacial score (nSPS) is 12.3. The fourth-order valence-electron chi connectivity index (χ4n) is 4.30. The number of amides is 2. The van der Waals surface area contributed by atoms with Gasteiger partial charge >= 0.3 is 12.1 Å². The molecule has 40 heavy (non-hydrogen) atoms. The average Bonchev–Trinajstić information content (AvgIpc) is 3.21. The molecule has 0 aliphatic carbocycles. The molecule has 0 aliphatic rings. The first-order valence-corrected chi connectivity index (χ1v) is 12.9. The van der Waals surface area contributed by atoms with Crippen LogP contribution in [0.1, 0.15) is 40.2 Å². The van der Waals surface area contributed by atoms with E-state index in [0.29, 0.717) is 27.7 Å². The Morgan fingerprint density at radius 3 is 2.27 bits per heavy atom. The van der Waals surface area contributed by atoms with Crippen molar-refractivity contribution in [2.24, 2.45) is 7.05 Å². The number of halogens is 1. The van der Waals surface area contributed by atoms with E-state index in [0.717, 1.165) is 11.1 Å². The number of carbonyl (C=O) groups is 3. The first-order chi connectivity index (χ1) is 19.1. The zero-order valence-corrected chi connectivity index (χ0v) is 23.0. The maximum Gasteiger partial charge on any atom is 0.412 e. The molecule has 0 fully saturated rings. The lowest BCUT2D eigenvalue weighted by atomic mass is 10.0. The van der Waals surface area contributed by atoms with Gasteiger partial charge in [0, 0.05) is 29.6 Å². The second kappa shape index (κ2) is 12.5. The summed E-state index contributed by atoms with van der Waals surface area (Å²) >= 11 is 5.90. The van der Waals surface area contributed by atoms with E-state index in [1.807, 2.05) is 30.3 Å². The lowest BCUT2D eigenvalue weighted by Gasteiger charge is -2.16. The Bertz CT molecular complexity index is 1500. The Hall–Kier alpha value is -4.63. The summed E-state index contributed by atoms with van der Waals surface area (Å²) in [6, 6.07) is 21.7. The minimum Gasteiger partial charge on any atom is -0.480 e. The van der Waals surface area contributed by atoms with Crippen molar-refractivity contribution >= 4 is 35.3 Å². The number of carboxylic acids is 1. The molecular weight excluding hydrogens is 532 g/mol. The highest BCUT2D eigenvalue weighted by Crippen LogP contribution is 2.31. The van der Waals surface area contributed by atoms with Crippen LogP contribution in [0.25, 0.3) is 11.3 Å². The monoisotopic (exact) mass is 560 g/mol. The highest BCUT2D eigenvalue weighted by molar-refractivity contribution is 6.30. The Balaban J connectivity index is 1.47. The zero-order valence-electron chi connectivity index (χ0n) is 22.2. The smallest absolute Gasteiger partial charge is 0.412 e. The van der Waals surface area contributed by atoms with Crippen molar-refractivity contribution in [1.29, 1.82) is 0 Å². The van der Waals surface area contributed by atoms with Crippen molar-refractivity contribution in [2.75, 3.05) is 5.32 Å². The number of anilines is 1. The molecule has 2 atom stereocenters. The third-order valence-electron chi connectivity index (χ3n) is 6.38. The molecule has 9 nitrogen and oxygen atoms in total. The molecule has 3 N–H and O–H groups in total. The number of nitrogens with one attached hydrogen (secondary N) is 2. The van der Waals surface area contributed by atoms with Gasteiger partial charge in [-0.25, -0.2) is 9.59 Å². The van der Waals surface area contributed by atoms with Crippen molar-refractivity contribution in [2.45, 2.75) is 32.4 Å². The van der Waals surface area contributed by atoms with Gasteiger partial charge in [-0.15, -0.1) is 0 Å². The predicted molar refractivity (Wildman–Crippen MR) is 152 cm³/mol. The number of hydrogen-bond acceptors (Lipinski definition) is 5. The summed E-state index contributed by atoms with van der Waals surface area (Å²) in [5, 5.41) is 20.0. The fourth-order valence-corrected chi connectivity index (χ4v) is 4.43. The van der Waals surface area contributed by atoms with Crippen molar-refractivity contribution in [1.82, 2.24) is 15.1 Å². The lowest BCUT2D eigenvalue weighted by Crippen LogP contribution is -2.42. The molecule has 206 valence electrons. The topological polar surface area (TPSA) is 123 Å². The SMILES string of the molecule is Cc1nn(C)c(-c2ccc(C(=O)NC(Cc3ccc(Cl)cc3)C(=O)O)cc2)c1NC(=O)O[C@H](C)c1ccccc1. The molecule has 0 aliphatic heterocycles. The molecular formula is C30H29ClN4O5. The summed E-state index contributed by atoms with van der Waals surface area (Å²) in [5.74, 6) is -1.67. The summed E-state index contributed by atoms with van der Waals surface area (Å²) in [6.45, 7) is 3.56. The van der Waals surface area contributed by atoms with Crippen LogP contribution in [0.2, 0.25) is 5.02 Å². The Morgan fingerprint density at radius 1 is 1.00 bits per heavy atom. The molecule has 1 aromatic heterocycles. The quantitative estimate of drug-likeness (QED) is 0.238. The van der Waals surface area contributed by atoms with E-state index in [-0.39, 0.29) is 12.0 Å². The Morgan fingerprint density at radius 2 is 1.65 bits per heavy atom. The van der Waals surface area contributed by atoms with Crippen LogP contribution in [0, 0.1) is 6.92 Å². The van der Waals surface area contributed by atoms with Gasteiger partial charge in [0.1, 0.15) is 12.1 Å². The molecule has 10 heteroatoms. The maximum atomic E-state index is 12.9. The summed E-state index contributed by atoms with van der Waals surface area (Å²) in [4.78, 5) is 37.4. The van der Waals surface area contributed by atoms with Crippen molar-refractivity contribution in [3.8, 4) is 11.3 Å². The third kappa shape index (κ3) is 6.86. The first kappa shape index (κ1) is 28.4. The molecule has 4 aromatic rings. The highest BCUT2D eigenvalue weighted by Gasteiger charge is 2.23. The van der Waals surface area contributed by atoms with Gasteiger partial charge in [-0.2, -0.15) is 5.10 Å². The molecule has 4 rings (SSSR count). The van der Waals surface area contributed by atoms with Crippen molar-refractivity contribution in [3.05, 3.63) is 106 Å². The number of nitrogens with zero attached hydrogens (tertiary/aromatic N) is 2. The van der Waals surface area contributed by atoms with Gasteiger partial charge in [-0.3, -0.25) is 14.8 Å². The third-order valence-corrected chi connectivity index (χ3v) is 6.63. The fraction of sp³-hybridized carbons (Fsp3) is 0.200. The molecule has 0 radical (unpaired) electrons. The molecule has 1 unspecified atom stereocenters. The van der Waals surface area contributed by atoms with Gasteiger partial charge in [-0.1, -0.05) is 66.2 Å². The summed E-state index contributed by atoms with van der Waals surface area (Å²) in [6.07, 6.45) is -0.961. The van der Waals surface area contributed by atoms with Crippen LogP contribution in [0.15, 0.2) is 78.9 Å². The van der Waals surface area contributed by atoms with E-state index in [4.69, 9.17) is 16.3 Å². The number of aryl methyl sites for hydroxylation is 2. The molecule has 1 heterocycles. The van der Waals surface area contributed by atoms with Gasteiger partial charge in [0.2, 0.25) is 0 Å². The predicted octanol–water partition coefficient (Wildman–Crippen LogP) is 5.78. The number of carbonyl (C=O) groups excluding carboxylic acids is 2. The van der Waals surface area contributed by atoms with E-state index in [9.17, 15) is 19.5 Å². The Labute approximate surface area is 236 Å². The van der Waals surface area contributed by atoms with Crippen LogP contribution >= 0.6 is 11.6 Å². The van der Waals surface area contributed by atoms with Crippen LogP contribution in [0.3, 0.4) is 0 Å². The van der Waals surface area contributed by atoms with Crippen LogP contribution in [-0.2, 0) is 23.0 Å².